The standard InChI is InChI=1S/C26H22N6O/c1-2-4-17-6-8-18(9-7-17)23-16-31-26(28)25(32-23)24(33)13-19-15-29-12-10-20(19)21-5-3-11-30-22(21)14-27/h3,5-12,15-16H,2,4,13H2,1H3,(H2,28,31). The Morgan fingerprint density at radius 2 is 1.85 bits per heavy atom. The molecule has 162 valence electrons. The zero-order valence-corrected chi connectivity index (χ0v) is 18.2. The van der Waals surface area contributed by atoms with Crippen LogP contribution in [-0.2, 0) is 12.8 Å². The number of carbonyl (C=O) groups is 1. The van der Waals surface area contributed by atoms with Crippen LogP contribution >= 0.6 is 0 Å². The summed E-state index contributed by atoms with van der Waals surface area (Å²) in [6.45, 7) is 2.14. The molecule has 0 spiro atoms. The van der Waals surface area contributed by atoms with Crippen molar-refractivity contribution in [2.24, 2.45) is 0 Å². The van der Waals surface area contributed by atoms with Crippen LogP contribution in [0.5, 0.6) is 0 Å². The second-order valence-electron chi connectivity index (χ2n) is 7.58. The van der Waals surface area contributed by atoms with Crippen molar-refractivity contribution in [3.63, 3.8) is 0 Å². The van der Waals surface area contributed by atoms with Crippen molar-refractivity contribution in [3.8, 4) is 28.5 Å². The number of carbonyl (C=O) groups excluding carboxylic acids is 1. The molecule has 0 aliphatic carbocycles. The fourth-order valence-corrected chi connectivity index (χ4v) is 3.67. The third-order valence-electron chi connectivity index (χ3n) is 5.31. The number of nitrogens with zero attached hydrogens (tertiary/aromatic N) is 5. The third kappa shape index (κ3) is 4.75. The van der Waals surface area contributed by atoms with Gasteiger partial charge >= 0.3 is 0 Å². The van der Waals surface area contributed by atoms with Gasteiger partial charge < -0.3 is 5.73 Å². The van der Waals surface area contributed by atoms with Crippen molar-refractivity contribution in [2.75, 3.05) is 5.73 Å². The number of benzene rings is 1. The van der Waals surface area contributed by atoms with E-state index in [1.54, 1.807) is 43.0 Å². The van der Waals surface area contributed by atoms with Gasteiger partial charge in [0.25, 0.3) is 0 Å². The SMILES string of the molecule is CCCc1ccc(-c2cnc(N)c(C(=O)Cc3cnccc3-c3cccnc3C#N)n2)cc1. The largest absolute Gasteiger partial charge is 0.382 e. The molecule has 0 radical (unpaired) electrons. The number of rotatable bonds is 7. The minimum Gasteiger partial charge on any atom is -0.382 e. The van der Waals surface area contributed by atoms with Gasteiger partial charge in [-0.1, -0.05) is 37.6 Å². The van der Waals surface area contributed by atoms with Crippen LogP contribution in [0.25, 0.3) is 22.4 Å². The first kappa shape index (κ1) is 21.8. The zero-order valence-electron chi connectivity index (χ0n) is 18.2. The monoisotopic (exact) mass is 434 g/mol. The molecule has 0 fully saturated rings. The lowest BCUT2D eigenvalue weighted by Gasteiger charge is -2.11. The zero-order chi connectivity index (χ0) is 23.2. The number of aromatic nitrogens is 4. The lowest BCUT2D eigenvalue weighted by Crippen LogP contribution is -2.12. The number of hydrogen-bond acceptors (Lipinski definition) is 7. The van der Waals surface area contributed by atoms with E-state index in [4.69, 9.17) is 5.73 Å². The maximum absolute atomic E-state index is 13.2. The van der Waals surface area contributed by atoms with Crippen molar-refractivity contribution in [1.29, 1.82) is 5.26 Å². The van der Waals surface area contributed by atoms with E-state index < -0.39 is 0 Å². The molecule has 4 aromatic rings. The van der Waals surface area contributed by atoms with Gasteiger partial charge in [0.05, 0.1) is 11.9 Å². The summed E-state index contributed by atoms with van der Waals surface area (Å²) in [5, 5.41) is 9.42. The van der Waals surface area contributed by atoms with Crippen molar-refractivity contribution >= 4 is 11.6 Å². The van der Waals surface area contributed by atoms with Crippen LogP contribution in [0.2, 0.25) is 0 Å². The summed E-state index contributed by atoms with van der Waals surface area (Å²) in [6.07, 6.45) is 8.46. The van der Waals surface area contributed by atoms with E-state index in [0.717, 1.165) is 24.0 Å². The lowest BCUT2D eigenvalue weighted by atomic mass is 9.96. The molecule has 0 aliphatic rings. The predicted octanol–water partition coefficient (Wildman–Crippen LogP) is 4.43. The molecule has 1 aromatic carbocycles. The van der Waals surface area contributed by atoms with Crippen LogP contribution < -0.4 is 5.73 Å². The summed E-state index contributed by atoms with van der Waals surface area (Å²) in [4.78, 5) is 30.2. The number of pyridine rings is 2. The number of anilines is 1. The van der Waals surface area contributed by atoms with Gasteiger partial charge in [-0.2, -0.15) is 5.26 Å². The highest BCUT2D eigenvalue weighted by atomic mass is 16.1. The Bertz CT molecular complexity index is 1340. The molecule has 0 unspecified atom stereocenters. The summed E-state index contributed by atoms with van der Waals surface area (Å²) in [6, 6.07) is 15.5. The first-order chi connectivity index (χ1) is 16.1. The number of ketones is 1. The van der Waals surface area contributed by atoms with Gasteiger partial charge in [-0.3, -0.25) is 9.78 Å². The minimum atomic E-state index is -0.277. The summed E-state index contributed by atoms with van der Waals surface area (Å²) >= 11 is 0. The predicted molar refractivity (Wildman–Crippen MR) is 126 cm³/mol. The van der Waals surface area contributed by atoms with Gasteiger partial charge in [0, 0.05) is 36.1 Å². The average molecular weight is 435 g/mol. The van der Waals surface area contributed by atoms with Crippen molar-refractivity contribution in [2.45, 2.75) is 26.2 Å². The van der Waals surface area contributed by atoms with Crippen LogP contribution in [0, 0.1) is 11.3 Å². The number of aryl methyl sites for hydroxylation is 1. The Kier molecular flexibility index (Phi) is 6.46. The van der Waals surface area contributed by atoms with E-state index in [-0.39, 0.29) is 29.4 Å². The summed E-state index contributed by atoms with van der Waals surface area (Å²) in [7, 11) is 0. The molecule has 0 bridgehead atoms. The van der Waals surface area contributed by atoms with E-state index in [1.165, 1.54) is 5.56 Å². The number of nitriles is 1. The van der Waals surface area contributed by atoms with E-state index >= 15 is 0 Å². The number of hydrogen-bond donors (Lipinski definition) is 1. The van der Waals surface area contributed by atoms with E-state index in [0.29, 0.717) is 16.8 Å². The van der Waals surface area contributed by atoms with Crippen molar-refractivity contribution in [1.82, 2.24) is 19.9 Å². The molecular weight excluding hydrogens is 412 g/mol. The molecule has 7 heteroatoms. The quantitative estimate of drug-likeness (QED) is 0.427. The maximum Gasteiger partial charge on any atom is 0.189 e. The van der Waals surface area contributed by atoms with Gasteiger partial charge in [0.1, 0.15) is 17.5 Å². The summed E-state index contributed by atoms with van der Waals surface area (Å²) in [5.41, 5.74) is 11.1. The Balaban J connectivity index is 1.65. The lowest BCUT2D eigenvalue weighted by molar-refractivity contribution is 0.0989. The average Bonchev–Trinajstić information content (AvgIpc) is 2.85. The van der Waals surface area contributed by atoms with Crippen LogP contribution in [-0.4, -0.2) is 25.7 Å². The molecule has 4 rings (SSSR count). The second-order valence-corrected chi connectivity index (χ2v) is 7.58. The van der Waals surface area contributed by atoms with E-state index in [9.17, 15) is 10.1 Å². The van der Waals surface area contributed by atoms with Crippen molar-refractivity contribution in [3.05, 3.63) is 89.8 Å². The number of Topliss-reactive ketones (excluding diaryl/α,β-unsaturated/α-hetero) is 1. The summed E-state index contributed by atoms with van der Waals surface area (Å²) < 4.78 is 0. The molecule has 0 atom stereocenters. The minimum absolute atomic E-state index is 0.0146. The number of nitrogen functional groups attached to an aromatic ring is 1. The first-order valence-electron chi connectivity index (χ1n) is 10.6. The first-order valence-corrected chi connectivity index (χ1v) is 10.6. The highest BCUT2D eigenvalue weighted by molar-refractivity contribution is 6.00. The normalized spacial score (nSPS) is 10.5. The Morgan fingerprint density at radius 1 is 1.03 bits per heavy atom. The fourth-order valence-electron chi connectivity index (χ4n) is 3.67. The Hall–Kier alpha value is -4.44. The molecule has 33 heavy (non-hydrogen) atoms. The Labute approximate surface area is 192 Å². The molecule has 3 aromatic heterocycles. The molecule has 3 heterocycles. The number of nitrogens with two attached hydrogens (primary N) is 1. The van der Waals surface area contributed by atoms with Gasteiger partial charge in [0.2, 0.25) is 0 Å². The molecular formula is C26H22N6O. The third-order valence-corrected chi connectivity index (χ3v) is 5.31. The van der Waals surface area contributed by atoms with E-state index in [2.05, 4.69) is 45.1 Å². The van der Waals surface area contributed by atoms with E-state index in [1.807, 2.05) is 12.1 Å². The molecule has 0 saturated carbocycles. The summed E-state index contributed by atoms with van der Waals surface area (Å²) in [5.74, 6) is -0.197. The van der Waals surface area contributed by atoms with Crippen LogP contribution in [0.4, 0.5) is 5.82 Å². The second kappa shape index (κ2) is 9.79. The molecule has 0 aliphatic heterocycles. The van der Waals surface area contributed by atoms with Gasteiger partial charge in [-0.15, -0.1) is 0 Å². The maximum atomic E-state index is 13.2. The Morgan fingerprint density at radius 3 is 2.61 bits per heavy atom. The van der Waals surface area contributed by atoms with Crippen molar-refractivity contribution < 1.29 is 4.79 Å². The highest BCUT2D eigenvalue weighted by Crippen LogP contribution is 2.27. The van der Waals surface area contributed by atoms with Gasteiger partial charge in [-0.05, 0) is 41.3 Å². The highest BCUT2D eigenvalue weighted by Gasteiger charge is 2.19. The smallest absolute Gasteiger partial charge is 0.189 e. The van der Waals surface area contributed by atoms with Crippen LogP contribution in [0.1, 0.15) is 40.7 Å². The topological polar surface area (TPSA) is 118 Å². The molecule has 0 saturated heterocycles. The van der Waals surface area contributed by atoms with Crippen LogP contribution in [0.15, 0.2) is 67.3 Å². The molecule has 7 nitrogen and oxygen atoms in total. The molecule has 0 amide bonds. The van der Waals surface area contributed by atoms with Gasteiger partial charge in [-0.25, -0.2) is 15.0 Å². The fraction of sp³-hybridized carbons (Fsp3) is 0.154. The van der Waals surface area contributed by atoms with Crippen LogP contribution in [0.3, 0.4) is 0 Å². The molecule has 2 N–H and O–H groups in total. The van der Waals surface area contributed by atoms with Gasteiger partial charge in [0.15, 0.2) is 11.6 Å².